The molecule has 1 aliphatic heterocycles. The van der Waals surface area contributed by atoms with Crippen LogP contribution in [-0.2, 0) is 4.74 Å². The van der Waals surface area contributed by atoms with Gasteiger partial charge in [0.15, 0.2) is 0 Å². The van der Waals surface area contributed by atoms with Gasteiger partial charge in [0, 0.05) is 12.6 Å². The van der Waals surface area contributed by atoms with Gasteiger partial charge in [0.25, 0.3) is 0 Å². The molecule has 1 aromatic carbocycles. The van der Waals surface area contributed by atoms with E-state index in [0.717, 1.165) is 11.3 Å². The fourth-order valence-corrected chi connectivity index (χ4v) is 2.37. The zero-order chi connectivity index (χ0) is 13.1. The van der Waals surface area contributed by atoms with Crippen LogP contribution in [0.25, 0.3) is 0 Å². The minimum Gasteiger partial charge on any atom is -0.394 e. The Hall–Kier alpha value is -1.57. The molecule has 2 unspecified atom stereocenters. The molecule has 1 fully saturated rings. The van der Waals surface area contributed by atoms with E-state index in [9.17, 15) is 10.4 Å². The first kappa shape index (κ1) is 12.9. The van der Waals surface area contributed by atoms with E-state index in [1.807, 2.05) is 25.1 Å². The number of morpholine rings is 1. The molecule has 1 saturated heterocycles. The van der Waals surface area contributed by atoms with E-state index in [0.29, 0.717) is 18.7 Å². The van der Waals surface area contributed by atoms with Gasteiger partial charge in [-0.05, 0) is 25.5 Å². The molecule has 0 aliphatic carbocycles. The Morgan fingerprint density at radius 3 is 3.00 bits per heavy atom. The summed E-state index contributed by atoms with van der Waals surface area (Å²) >= 11 is 0. The molecule has 0 radical (unpaired) electrons. The lowest BCUT2D eigenvalue weighted by Crippen LogP contribution is -2.50. The minimum absolute atomic E-state index is 0.0109. The van der Waals surface area contributed by atoms with E-state index in [2.05, 4.69) is 17.9 Å². The predicted octanol–water partition coefficient (Wildman–Crippen LogP) is 1.45. The van der Waals surface area contributed by atoms with E-state index < -0.39 is 0 Å². The number of aliphatic hydroxyl groups excluding tert-OH is 1. The van der Waals surface area contributed by atoms with Crippen molar-refractivity contribution in [3.8, 4) is 6.07 Å². The highest BCUT2D eigenvalue weighted by Crippen LogP contribution is 2.28. The van der Waals surface area contributed by atoms with Crippen molar-refractivity contribution in [2.75, 3.05) is 24.7 Å². The number of anilines is 1. The summed E-state index contributed by atoms with van der Waals surface area (Å²) in [5.74, 6) is 0. The molecule has 1 aliphatic rings. The van der Waals surface area contributed by atoms with Crippen LogP contribution in [-0.4, -0.2) is 37.0 Å². The first-order valence-electron chi connectivity index (χ1n) is 6.16. The summed E-state index contributed by atoms with van der Waals surface area (Å²) in [4.78, 5) is 2.16. The van der Waals surface area contributed by atoms with Gasteiger partial charge in [-0.3, -0.25) is 0 Å². The van der Waals surface area contributed by atoms with E-state index >= 15 is 0 Å². The van der Waals surface area contributed by atoms with Crippen molar-refractivity contribution < 1.29 is 9.84 Å². The highest BCUT2D eigenvalue weighted by molar-refractivity contribution is 5.64. The smallest absolute Gasteiger partial charge is 0.101 e. The molecule has 0 bridgehead atoms. The maximum atomic E-state index is 9.23. The number of hydrogen-bond donors (Lipinski definition) is 1. The van der Waals surface area contributed by atoms with E-state index in [4.69, 9.17) is 4.74 Å². The fourth-order valence-electron chi connectivity index (χ4n) is 2.37. The van der Waals surface area contributed by atoms with Crippen molar-refractivity contribution in [3.05, 3.63) is 29.3 Å². The van der Waals surface area contributed by atoms with Crippen LogP contribution in [0.1, 0.15) is 18.1 Å². The highest BCUT2D eigenvalue weighted by atomic mass is 16.5. The van der Waals surface area contributed by atoms with Crippen LogP contribution >= 0.6 is 0 Å². The maximum absolute atomic E-state index is 9.23. The lowest BCUT2D eigenvalue weighted by molar-refractivity contribution is -0.0103. The number of benzene rings is 1. The van der Waals surface area contributed by atoms with Crippen molar-refractivity contribution in [1.29, 1.82) is 5.26 Å². The summed E-state index contributed by atoms with van der Waals surface area (Å²) in [7, 11) is 0. The Kier molecular flexibility index (Phi) is 3.85. The Morgan fingerprint density at radius 2 is 2.33 bits per heavy atom. The first-order chi connectivity index (χ1) is 8.67. The number of aliphatic hydroxyl groups is 1. The third-order valence-electron chi connectivity index (χ3n) is 3.35. The SMILES string of the molecule is Cc1cccc(C#N)c1N1CC(CO)OCC1C. The van der Waals surface area contributed by atoms with E-state index in [1.54, 1.807) is 0 Å². The molecule has 18 heavy (non-hydrogen) atoms. The highest BCUT2D eigenvalue weighted by Gasteiger charge is 2.28. The van der Waals surface area contributed by atoms with Gasteiger partial charge in [0.05, 0.1) is 30.6 Å². The molecule has 4 heteroatoms. The van der Waals surface area contributed by atoms with Crippen LogP contribution in [0.5, 0.6) is 0 Å². The lowest BCUT2D eigenvalue weighted by atomic mass is 10.0. The summed E-state index contributed by atoms with van der Waals surface area (Å²) in [5, 5.41) is 18.4. The van der Waals surface area contributed by atoms with Crippen LogP contribution in [0.3, 0.4) is 0 Å². The number of ether oxygens (including phenoxy) is 1. The molecule has 0 aromatic heterocycles. The zero-order valence-corrected chi connectivity index (χ0v) is 10.8. The maximum Gasteiger partial charge on any atom is 0.101 e. The summed E-state index contributed by atoms with van der Waals surface area (Å²) in [6, 6.07) is 8.18. The average Bonchev–Trinajstić information content (AvgIpc) is 2.39. The van der Waals surface area contributed by atoms with Gasteiger partial charge in [0.1, 0.15) is 6.07 Å². The largest absolute Gasteiger partial charge is 0.394 e. The topological polar surface area (TPSA) is 56.5 Å². The molecule has 0 saturated carbocycles. The molecule has 2 rings (SSSR count). The molecule has 1 aromatic rings. The van der Waals surface area contributed by atoms with Crippen molar-refractivity contribution in [2.45, 2.75) is 26.0 Å². The second-order valence-electron chi connectivity index (χ2n) is 4.72. The molecule has 2 atom stereocenters. The zero-order valence-electron chi connectivity index (χ0n) is 10.8. The van der Waals surface area contributed by atoms with Gasteiger partial charge in [-0.2, -0.15) is 5.26 Å². The van der Waals surface area contributed by atoms with Gasteiger partial charge in [0.2, 0.25) is 0 Å². The number of aryl methyl sites for hydroxylation is 1. The molecule has 0 spiro atoms. The molecule has 0 amide bonds. The van der Waals surface area contributed by atoms with Gasteiger partial charge in [-0.1, -0.05) is 12.1 Å². The molecule has 96 valence electrons. The van der Waals surface area contributed by atoms with Crippen LogP contribution < -0.4 is 4.90 Å². The third kappa shape index (κ3) is 2.33. The Labute approximate surface area is 107 Å². The Bertz CT molecular complexity index is 467. The summed E-state index contributed by atoms with van der Waals surface area (Å²) in [5.41, 5.74) is 2.73. The van der Waals surface area contributed by atoms with Crippen molar-refractivity contribution in [2.24, 2.45) is 0 Å². The minimum atomic E-state index is -0.174. The fraction of sp³-hybridized carbons (Fsp3) is 0.500. The summed E-state index contributed by atoms with van der Waals surface area (Å²) in [6.45, 7) is 5.28. The van der Waals surface area contributed by atoms with Gasteiger partial charge in [-0.15, -0.1) is 0 Å². The molecular weight excluding hydrogens is 228 g/mol. The van der Waals surface area contributed by atoms with Crippen LogP contribution in [0.4, 0.5) is 5.69 Å². The van der Waals surface area contributed by atoms with Crippen LogP contribution in [0.2, 0.25) is 0 Å². The number of nitriles is 1. The van der Waals surface area contributed by atoms with Crippen molar-refractivity contribution >= 4 is 5.69 Å². The number of hydrogen-bond acceptors (Lipinski definition) is 4. The van der Waals surface area contributed by atoms with Crippen molar-refractivity contribution in [1.82, 2.24) is 0 Å². The monoisotopic (exact) mass is 246 g/mol. The lowest BCUT2D eigenvalue weighted by Gasteiger charge is -2.40. The van der Waals surface area contributed by atoms with Gasteiger partial charge in [-0.25, -0.2) is 0 Å². The molecule has 1 N–H and O–H groups in total. The normalized spacial score (nSPS) is 23.8. The van der Waals surface area contributed by atoms with E-state index in [1.165, 1.54) is 0 Å². The van der Waals surface area contributed by atoms with Gasteiger partial charge < -0.3 is 14.7 Å². The molecule has 4 nitrogen and oxygen atoms in total. The van der Waals surface area contributed by atoms with Crippen LogP contribution in [0, 0.1) is 18.3 Å². The van der Waals surface area contributed by atoms with Crippen LogP contribution in [0.15, 0.2) is 18.2 Å². The quantitative estimate of drug-likeness (QED) is 0.858. The molecular formula is C14H18N2O2. The number of para-hydroxylation sites is 1. The second kappa shape index (κ2) is 5.38. The third-order valence-corrected chi connectivity index (χ3v) is 3.35. The Balaban J connectivity index is 2.38. The number of rotatable bonds is 2. The Morgan fingerprint density at radius 1 is 1.56 bits per heavy atom. The summed E-state index contributed by atoms with van der Waals surface area (Å²) in [6.07, 6.45) is -0.174. The summed E-state index contributed by atoms with van der Waals surface area (Å²) < 4.78 is 5.53. The average molecular weight is 246 g/mol. The number of nitrogens with zero attached hydrogens (tertiary/aromatic N) is 2. The molecule has 1 heterocycles. The standard InChI is InChI=1S/C14H18N2O2/c1-10-4-3-5-12(6-15)14(10)16-7-13(8-17)18-9-11(16)2/h3-5,11,13,17H,7-9H2,1-2H3. The van der Waals surface area contributed by atoms with Gasteiger partial charge >= 0.3 is 0 Å². The van der Waals surface area contributed by atoms with Crippen molar-refractivity contribution in [3.63, 3.8) is 0 Å². The predicted molar refractivity (Wildman–Crippen MR) is 69.5 cm³/mol. The first-order valence-corrected chi connectivity index (χ1v) is 6.16. The second-order valence-corrected chi connectivity index (χ2v) is 4.72. The van der Waals surface area contributed by atoms with E-state index in [-0.39, 0.29) is 18.8 Å².